The van der Waals surface area contributed by atoms with E-state index in [1.54, 1.807) is 19.3 Å². The molecule has 0 aliphatic heterocycles. The zero-order valence-corrected chi connectivity index (χ0v) is 7.45. The summed E-state index contributed by atoms with van der Waals surface area (Å²) in [6, 6.07) is 3.90. The first kappa shape index (κ1) is 8.91. The molecule has 0 saturated carbocycles. The maximum Gasteiger partial charge on any atom is 0.130 e. The van der Waals surface area contributed by atoms with Gasteiger partial charge in [0.1, 0.15) is 5.78 Å². The van der Waals surface area contributed by atoms with Crippen LogP contribution in [0.3, 0.4) is 0 Å². The third kappa shape index (κ3) is 2.46. The summed E-state index contributed by atoms with van der Waals surface area (Å²) in [4.78, 5) is 14.7. The van der Waals surface area contributed by atoms with Crippen LogP contribution in [-0.4, -0.2) is 10.8 Å². The predicted molar refractivity (Wildman–Crippen MR) is 48.0 cm³/mol. The lowest BCUT2D eigenvalue weighted by atomic mass is 9.97. The lowest BCUT2D eigenvalue weighted by molar-refractivity contribution is -0.117. The van der Waals surface area contributed by atoms with Gasteiger partial charge >= 0.3 is 0 Å². The van der Waals surface area contributed by atoms with E-state index in [-0.39, 0.29) is 5.78 Å². The molecule has 0 amide bonds. The maximum atomic E-state index is 10.8. The molecule has 64 valence electrons. The van der Waals surface area contributed by atoms with Crippen molar-refractivity contribution in [3.05, 3.63) is 30.1 Å². The van der Waals surface area contributed by atoms with Crippen LogP contribution < -0.4 is 0 Å². The van der Waals surface area contributed by atoms with E-state index in [1.807, 2.05) is 12.1 Å². The minimum atomic E-state index is 0.235. The molecule has 1 aromatic rings. The van der Waals surface area contributed by atoms with Gasteiger partial charge in [-0.15, -0.1) is 0 Å². The van der Waals surface area contributed by atoms with E-state index in [4.69, 9.17) is 0 Å². The standard InChI is InChI=1S/C10H13NO/c1-8(7-9(2)12)10-3-5-11-6-4-10/h3-6,8H,7H2,1-2H3. The Kier molecular flexibility index (Phi) is 2.97. The highest BCUT2D eigenvalue weighted by Gasteiger charge is 2.06. The number of pyridine rings is 1. The van der Waals surface area contributed by atoms with Crippen molar-refractivity contribution in [2.75, 3.05) is 0 Å². The molecule has 1 heterocycles. The van der Waals surface area contributed by atoms with Crippen molar-refractivity contribution in [3.8, 4) is 0 Å². The Bertz CT molecular complexity index is 256. The van der Waals surface area contributed by atoms with Crippen LogP contribution in [0.1, 0.15) is 31.7 Å². The zero-order valence-electron chi connectivity index (χ0n) is 7.45. The lowest BCUT2D eigenvalue weighted by Crippen LogP contribution is -1.99. The van der Waals surface area contributed by atoms with Gasteiger partial charge in [-0.2, -0.15) is 0 Å². The first-order chi connectivity index (χ1) is 5.70. The van der Waals surface area contributed by atoms with Crippen LogP contribution in [0.4, 0.5) is 0 Å². The second-order valence-electron chi connectivity index (χ2n) is 3.09. The second-order valence-corrected chi connectivity index (χ2v) is 3.09. The topological polar surface area (TPSA) is 30.0 Å². The number of aromatic nitrogens is 1. The SMILES string of the molecule is CC(=O)CC(C)c1ccncc1. The number of carbonyl (C=O) groups excluding carboxylic acids is 1. The third-order valence-corrected chi connectivity index (χ3v) is 1.87. The van der Waals surface area contributed by atoms with Gasteiger partial charge in [0.2, 0.25) is 0 Å². The predicted octanol–water partition coefficient (Wildman–Crippen LogP) is 2.16. The normalized spacial score (nSPS) is 12.5. The molecule has 0 N–H and O–H groups in total. The zero-order chi connectivity index (χ0) is 8.97. The van der Waals surface area contributed by atoms with Crippen molar-refractivity contribution in [1.82, 2.24) is 4.98 Å². The van der Waals surface area contributed by atoms with Crippen molar-refractivity contribution < 1.29 is 4.79 Å². The Morgan fingerprint density at radius 3 is 2.58 bits per heavy atom. The molecule has 0 radical (unpaired) electrons. The summed E-state index contributed by atoms with van der Waals surface area (Å²) in [5.41, 5.74) is 1.18. The van der Waals surface area contributed by atoms with Crippen molar-refractivity contribution in [2.45, 2.75) is 26.2 Å². The van der Waals surface area contributed by atoms with Crippen LogP contribution in [0.25, 0.3) is 0 Å². The van der Waals surface area contributed by atoms with Crippen LogP contribution in [-0.2, 0) is 4.79 Å². The summed E-state index contributed by atoms with van der Waals surface area (Å²) in [7, 11) is 0. The van der Waals surface area contributed by atoms with Crippen molar-refractivity contribution in [2.24, 2.45) is 0 Å². The molecule has 2 heteroatoms. The summed E-state index contributed by atoms with van der Waals surface area (Å²) in [6.45, 7) is 3.68. The van der Waals surface area contributed by atoms with Gasteiger partial charge in [-0.25, -0.2) is 0 Å². The summed E-state index contributed by atoms with van der Waals surface area (Å²) in [5.74, 6) is 0.546. The largest absolute Gasteiger partial charge is 0.300 e. The average molecular weight is 163 g/mol. The molecule has 0 aliphatic rings. The van der Waals surface area contributed by atoms with Crippen LogP contribution >= 0.6 is 0 Å². The van der Waals surface area contributed by atoms with E-state index in [9.17, 15) is 4.79 Å². The summed E-state index contributed by atoms with van der Waals surface area (Å²) >= 11 is 0. The summed E-state index contributed by atoms with van der Waals surface area (Å²) in [6.07, 6.45) is 4.13. The van der Waals surface area contributed by atoms with Gasteiger partial charge in [0.25, 0.3) is 0 Å². The summed E-state index contributed by atoms with van der Waals surface area (Å²) in [5, 5.41) is 0. The van der Waals surface area contributed by atoms with Gasteiger partial charge in [0, 0.05) is 18.8 Å². The number of Topliss-reactive ketones (excluding diaryl/α,β-unsaturated/α-hetero) is 1. The van der Waals surface area contributed by atoms with Crippen molar-refractivity contribution in [1.29, 1.82) is 0 Å². The van der Waals surface area contributed by atoms with E-state index >= 15 is 0 Å². The fraction of sp³-hybridized carbons (Fsp3) is 0.400. The van der Waals surface area contributed by atoms with Crippen molar-refractivity contribution in [3.63, 3.8) is 0 Å². The molecule has 0 aromatic carbocycles. The van der Waals surface area contributed by atoms with Crippen LogP contribution in [0.5, 0.6) is 0 Å². The Hall–Kier alpha value is -1.18. The molecule has 0 aliphatic carbocycles. The molecule has 0 bridgehead atoms. The fourth-order valence-corrected chi connectivity index (χ4v) is 1.24. The van der Waals surface area contributed by atoms with E-state index in [0.29, 0.717) is 12.3 Å². The van der Waals surface area contributed by atoms with E-state index in [0.717, 1.165) is 0 Å². The van der Waals surface area contributed by atoms with E-state index in [1.165, 1.54) is 5.56 Å². The maximum absolute atomic E-state index is 10.8. The van der Waals surface area contributed by atoms with Gasteiger partial charge in [-0.3, -0.25) is 4.98 Å². The molecule has 1 aromatic heterocycles. The van der Waals surface area contributed by atoms with Gasteiger partial charge in [-0.05, 0) is 30.5 Å². The first-order valence-corrected chi connectivity index (χ1v) is 4.09. The van der Waals surface area contributed by atoms with Gasteiger partial charge in [0.05, 0.1) is 0 Å². The third-order valence-electron chi connectivity index (χ3n) is 1.87. The lowest BCUT2D eigenvalue weighted by Gasteiger charge is -2.08. The van der Waals surface area contributed by atoms with Crippen LogP contribution in [0.15, 0.2) is 24.5 Å². The highest BCUT2D eigenvalue weighted by molar-refractivity contribution is 5.76. The Labute approximate surface area is 72.6 Å². The van der Waals surface area contributed by atoms with Crippen LogP contribution in [0.2, 0.25) is 0 Å². The minimum Gasteiger partial charge on any atom is -0.300 e. The number of ketones is 1. The first-order valence-electron chi connectivity index (χ1n) is 4.09. The van der Waals surface area contributed by atoms with E-state index < -0.39 is 0 Å². The monoisotopic (exact) mass is 163 g/mol. The highest BCUT2D eigenvalue weighted by atomic mass is 16.1. The number of hydrogen-bond donors (Lipinski definition) is 0. The molecule has 2 nitrogen and oxygen atoms in total. The van der Waals surface area contributed by atoms with E-state index in [2.05, 4.69) is 11.9 Å². The summed E-state index contributed by atoms with van der Waals surface area (Å²) < 4.78 is 0. The van der Waals surface area contributed by atoms with Gasteiger partial charge in [-0.1, -0.05) is 6.92 Å². The molecule has 0 fully saturated rings. The number of nitrogens with zero attached hydrogens (tertiary/aromatic N) is 1. The molecular weight excluding hydrogens is 150 g/mol. The Morgan fingerprint density at radius 1 is 1.50 bits per heavy atom. The minimum absolute atomic E-state index is 0.235. The van der Waals surface area contributed by atoms with Crippen molar-refractivity contribution >= 4 is 5.78 Å². The molecule has 1 rings (SSSR count). The number of carbonyl (C=O) groups is 1. The number of hydrogen-bond acceptors (Lipinski definition) is 2. The van der Waals surface area contributed by atoms with Gasteiger partial charge in [0.15, 0.2) is 0 Å². The quantitative estimate of drug-likeness (QED) is 0.683. The molecule has 12 heavy (non-hydrogen) atoms. The number of rotatable bonds is 3. The fourth-order valence-electron chi connectivity index (χ4n) is 1.24. The smallest absolute Gasteiger partial charge is 0.130 e. The molecular formula is C10H13NO. The molecule has 1 atom stereocenters. The molecule has 1 unspecified atom stereocenters. The average Bonchev–Trinajstić information content (AvgIpc) is 2.05. The Balaban J connectivity index is 2.65. The molecule has 0 spiro atoms. The highest BCUT2D eigenvalue weighted by Crippen LogP contribution is 2.17. The van der Waals surface area contributed by atoms with Gasteiger partial charge < -0.3 is 4.79 Å². The Morgan fingerprint density at radius 2 is 2.08 bits per heavy atom. The molecule has 0 saturated heterocycles. The second kappa shape index (κ2) is 4.00. The van der Waals surface area contributed by atoms with Crippen LogP contribution in [0, 0.1) is 0 Å².